The van der Waals surface area contributed by atoms with Crippen molar-refractivity contribution in [1.82, 2.24) is 19.6 Å². The normalized spacial score (nSPS) is 16.1. The number of aryl methyl sites for hydroxylation is 1. The Morgan fingerprint density at radius 3 is 2.94 bits per heavy atom. The van der Waals surface area contributed by atoms with Crippen LogP contribution in [0.25, 0.3) is 15.9 Å². The third kappa shape index (κ3) is 3.77. The van der Waals surface area contributed by atoms with E-state index in [1.807, 2.05) is 4.40 Å². The maximum Gasteiger partial charge on any atom is 0.234 e. The van der Waals surface area contributed by atoms with Gasteiger partial charge in [0.15, 0.2) is 10.8 Å². The van der Waals surface area contributed by atoms with E-state index >= 15 is 0 Å². The molecule has 0 aliphatic heterocycles. The highest BCUT2D eigenvalue weighted by Crippen LogP contribution is 2.40. The lowest BCUT2D eigenvalue weighted by Gasteiger charge is -2.17. The maximum atomic E-state index is 13.8. The van der Waals surface area contributed by atoms with Crippen LogP contribution in [0.5, 0.6) is 0 Å². The first-order valence-corrected chi connectivity index (χ1v) is 12.6. The van der Waals surface area contributed by atoms with Crippen molar-refractivity contribution in [1.29, 1.82) is 0 Å². The van der Waals surface area contributed by atoms with E-state index < -0.39 is 5.82 Å². The van der Waals surface area contributed by atoms with Gasteiger partial charge in [-0.2, -0.15) is 0 Å². The second-order valence-electron chi connectivity index (χ2n) is 8.61. The molecule has 1 atom stereocenters. The molecule has 1 N–H and O–H groups in total. The lowest BCUT2D eigenvalue weighted by atomic mass is 9.89. The number of nitrogens with zero attached hydrogens (tertiary/aromatic N) is 4. The molecule has 1 aromatic carbocycles. The number of anilines is 1. The smallest absolute Gasteiger partial charge is 0.234 e. The fourth-order valence-corrected chi connectivity index (χ4v) is 6.32. The Bertz CT molecular complexity index is 1330. The number of carbonyl (C=O) groups is 1. The monoisotopic (exact) mass is 469 g/mol. The number of fused-ring (bicyclic) bond motifs is 5. The molecule has 6 nitrogen and oxygen atoms in total. The summed E-state index contributed by atoms with van der Waals surface area (Å²) < 4.78 is 15.8. The number of para-hydroxylation sites is 1. The van der Waals surface area contributed by atoms with E-state index in [4.69, 9.17) is 4.98 Å². The molecule has 0 radical (unpaired) electrons. The number of thiophene rings is 1. The summed E-state index contributed by atoms with van der Waals surface area (Å²) in [6.07, 6.45) is 3.30. The summed E-state index contributed by atoms with van der Waals surface area (Å²) in [4.78, 5) is 19.9. The molecule has 1 aliphatic carbocycles. The molecule has 166 valence electrons. The third-order valence-electron chi connectivity index (χ3n) is 5.79. The maximum absolute atomic E-state index is 13.8. The highest BCUT2D eigenvalue weighted by Gasteiger charge is 2.26. The Morgan fingerprint density at radius 1 is 1.34 bits per heavy atom. The number of rotatable bonds is 5. The Hall–Kier alpha value is -2.52. The van der Waals surface area contributed by atoms with Crippen molar-refractivity contribution in [3.8, 4) is 0 Å². The summed E-state index contributed by atoms with van der Waals surface area (Å²) in [5, 5.41) is 13.3. The summed E-state index contributed by atoms with van der Waals surface area (Å²) in [7, 11) is 0. The zero-order valence-electron chi connectivity index (χ0n) is 18.2. The second-order valence-corrected chi connectivity index (χ2v) is 10.6. The van der Waals surface area contributed by atoms with E-state index in [0.29, 0.717) is 11.1 Å². The Kier molecular flexibility index (Phi) is 5.63. The molecule has 0 unspecified atom stereocenters. The number of halogens is 1. The number of benzene rings is 1. The van der Waals surface area contributed by atoms with E-state index in [9.17, 15) is 9.18 Å². The quantitative estimate of drug-likeness (QED) is 0.393. The van der Waals surface area contributed by atoms with Crippen molar-refractivity contribution >= 4 is 50.6 Å². The van der Waals surface area contributed by atoms with E-state index in [-0.39, 0.29) is 23.3 Å². The van der Waals surface area contributed by atoms with Crippen LogP contribution in [0.4, 0.5) is 10.1 Å². The molecule has 9 heteroatoms. The van der Waals surface area contributed by atoms with E-state index in [0.717, 1.165) is 34.5 Å². The standard InChI is InChI=1S/C23H24FN5OS2/c1-12(2)20-26-22-19(14-9-8-13(3)10-17(14)32-22)21-27-28-23(29(20)21)31-11-18(30)25-16-7-5-4-6-15(16)24/h4-7,12-13H,8-11H2,1-3H3,(H,25,30)/t13-/m1/s1. The summed E-state index contributed by atoms with van der Waals surface area (Å²) in [6, 6.07) is 6.14. The van der Waals surface area contributed by atoms with Gasteiger partial charge >= 0.3 is 0 Å². The number of thioether (sulfide) groups is 1. The molecule has 0 bridgehead atoms. The Morgan fingerprint density at radius 2 is 2.16 bits per heavy atom. The number of aromatic nitrogens is 4. The number of amides is 1. The molecule has 1 aliphatic rings. The van der Waals surface area contributed by atoms with Gasteiger partial charge in [-0.1, -0.05) is 44.7 Å². The van der Waals surface area contributed by atoms with Gasteiger partial charge in [0, 0.05) is 10.8 Å². The lowest BCUT2D eigenvalue weighted by Crippen LogP contribution is -2.15. The van der Waals surface area contributed by atoms with E-state index in [2.05, 4.69) is 36.3 Å². The van der Waals surface area contributed by atoms with Crippen LogP contribution in [0.2, 0.25) is 0 Å². The number of hydrogen-bond donors (Lipinski definition) is 1. The van der Waals surface area contributed by atoms with E-state index in [1.165, 1.54) is 34.7 Å². The Labute approximate surface area is 193 Å². The highest BCUT2D eigenvalue weighted by molar-refractivity contribution is 7.99. The van der Waals surface area contributed by atoms with Crippen LogP contribution in [0.15, 0.2) is 29.4 Å². The van der Waals surface area contributed by atoms with Crippen LogP contribution in [0.3, 0.4) is 0 Å². The number of hydrogen-bond acceptors (Lipinski definition) is 6. The van der Waals surface area contributed by atoms with Gasteiger partial charge in [-0.05, 0) is 42.9 Å². The third-order valence-corrected chi connectivity index (χ3v) is 7.87. The van der Waals surface area contributed by atoms with Crippen molar-refractivity contribution in [2.75, 3.05) is 11.1 Å². The molecule has 3 heterocycles. The highest BCUT2D eigenvalue weighted by atomic mass is 32.2. The van der Waals surface area contributed by atoms with E-state index in [1.54, 1.807) is 29.5 Å². The summed E-state index contributed by atoms with van der Waals surface area (Å²) in [6.45, 7) is 6.50. The van der Waals surface area contributed by atoms with Crippen molar-refractivity contribution in [3.63, 3.8) is 0 Å². The predicted octanol–water partition coefficient (Wildman–Crippen LogP) is 5.46. The van der Waals surface area contributed by atoms with Gasteiger partial charge in [0.25, 0.3) is 0 Å². The van der Waals surface area contributed by atoms with Crippen molar-refractivity contribution in [2.24, 2.45) is 5.92 Å². The molecule has 1 amide bonds. The molecule has 0 spiro atoms. The first-order chi connectivity index (χ1) is 15.4. The molecule has 0 saturated carbocycles. The molecule has 3 aromatic heterocycles. The van der Waals surface area contributed by atoms with Gasteiger partial charge in [0.05, 0.1) is 16.8 Å². The van der Waals surface area contributed by atoms with Crippen LogP contribution in [-0.2, 0) is 17.6 Å². The number of carbonyl (C=O) groups excluding carboxylic acids is 1. The van der Waals surface area contributed by atoms with Gasteiger partial charge in [-0.25, -0.2) is 9.37 Å². The van der Waals surface area contributed by atoms with Crippen LogP contribution >= 0.6 is 23.1 Å². The minimum absolute atomic E-state index is 0.101. The number of nitrogens with one attached hydrogen (secondary N) is 1. The van der Waals surface area contributed by atoms with Gasteiger partial charge in [-0.15, -0.1) is 21.5 Å². The predicted molar refractivity (Wildman–Crippen MR) is 127 cm³/mol. The first kappa shape index (κ1) is 21.3. The zero-order chi connectivity index (χ0) is 22.4. The van der Waals surface area contributed by atoms with Crippen LogP contribution in [-0.4, -0.2) is 31.2 Å². The van der Waals surface area contributed by atoms with Gasteiger partial charge in [0.2, 0.25) is 5.91 Å². The van der Waals surface area contributed by atoms with Crippen molar-refractivity contribution in [2.45, 2.75) is 51.1 Å². The zero-order valence-corrected chi connectivity index (χ0v) is 19.8. The molecule has 0 saturated heterocycles. The molecule has 0 fully saturated rings. The topological polar surface area (TPSA) is 72.2 Å². The van der Waals surface area contributed by atoms with Crippen LogP contribution in [0, 0.1) is 11.7 Å². The van der Waals surface area contributed by atoms with Gasteiger partial charge < -0.3 is 5.32 Å². The van der Waals surface area contributed by atoms with Gasteiger partial charge in [-0.3, -0.25) is 9.20 Å². The fraction of sp³-hybridized carbons (Fsp3) is 0.391. The second kappa shape index (κ2) is 8.44. The lowest BCUT2D eigenvalue weighted by molar-refractivity contribution is -0.113. The molecule has 32 heavy (non-hydrogen) atoms. The average molecular weight is 470 g/mol. The fourth-order valence-electron chi connectivity index (χ4n) is 4.20. The van der Waals surface area contributed by atoms with Crippen molar-refractivity contribution < 1.29 is 9.18 Å². The average Bonchev–Trinajstić information content (AvgIpc) is 3.33. The minimum atomic E-state index is -0.455. The Balaban J connectivity index is 1.49. The van der Waals surface area contributed by atoms with Crippen molar-refractivity contribution in [3.05, 3.63) is 46.3 Å². The summed E-state index contributed by atoms with van der Waals surface area (Å²) >= 11 is 3.07. The minimum Gasteiger partial charge on any atom is -0.323 e. The van der Waals surface area contributed by atoms with Crippen LogP contribution < -0.4 is 5.32 Å². The summed E-state index contributed by atoms with van der Waals surface area (Å²) in [5.41, 5.74) is 2.36. The largest absolute Gasteiger partial charge is 0.323 e. The van der Waals surface area contributed by atoms with Crippen LogP contribution in [0.1, 0.15) is 49.4 Å². The molecule has 4 aromatic rings. The van der Waals surface area contributed by atoms with Gasteiger partial charge in [0.1, 0.15) is 16.5 Å². The SMILES string of the molecule is CC(C)c1nc2sc3c(c2c2nnc(SCC(=O)Nc4ccccc4F)n12)CC[C@@H](C)C3. The molecule has 5 rings (SSSR count). The summed E-state index contributed by atoms with van der Waals surface area (Å²) in [5.74, 6) is 1.10. The first-order valence-electron chi connectivity index (χ1n) is 10.8. The molecular weight excluding hydrogens is 445 g/mol. The molecular formula is C23H24FN5OS2.